The molecule has 102 valence electrons. The first-order valence-corrected chi connectivity index (χ1v) is 5.36. The van der Waals surface area contributed by atoms with Crippen molar-refractivity contribution in [3.63, 3.8) is 0 Å². The van der Waals surface area contributed by atoms with E-state index in [2.05, 4.69) is 20.2 Å². The molecule has 0 spiro atoms. The Morgan fingerprint density at radius 2 is 2.00 bits per heavy atom. The van der Waals surface area contributed by atoms with E-state index in [4.69, 9.17) is 10.8 Å². The number of hydrogen-bond donors (Lipinski definition) is 2. The van der Waals surface area contributed by atoms with Crippen molar-refractivity contribution in [1.29, 1.82) is 0 Å². The van der Waals surface area contributed by atoms with Crippen LogP contribution in [0, 0.1) is 0 Å². The molecule has 2 amide bonds. The van der Waals surface area contributed by atoms with Crippen LogP contribution in [0.15, 0.2) is 44.5 Å². The van der Waals surface area contributed by atoms with Gasteiger partial charge in [-0.1, -0.05) is 12.1 Å². The number of carbonyl (C=O) groups excluding carboxylic acids is 1. The minimum Gasteiger partial charge on any atom is -0.860 e. The number of aliphatic imine (C=N–C) groups is 2. The van der Waals surface area contributed by atoms with Gasteiger partial charge in [-0.15, -0.1) is 0 Å². The van der Waals surface area contributed by atoms with Crippen LogP contribution in [0.1, 0.15) is 10.4 Å². The topological polar surface area (TPSA) is 153 Å². The van der Waals surface area contributed by atoms with Gasteiger partial charge in [0.25, 0.3) is 0 Å². The zero-order valence-electron chi connectivity index (χ0n) is 10.9. The van der Waals surface area contributed by atoms with Crippen LogP contribution in [0.2, 0.25) is 0 Å². The number of hydrogen-bond acceptors (Lipinski definition) is 6. The van der Waals surface area contributed by atoms with Gasteiger partial charge in [0.05, 0.1) is 11.3 Å². The summed E-state index contributed by atoms with van der Waals surface area (Å²) >= 11 is 0. The smallest absolute Gasteiger partial charge is 0.860 e. The van der Waals surface area contributed by atoms with Gasteiger partial charge in [-0.05, 0) is 12.1 Å². The van der Waals surface area contributed by atoms with Gasteiger partial charge < -0.3 is 15.9 Å². The quantitative estimate of drug-likeness (QED) is 0.452. The molecule has 0 radical (unpaired) electrons. The van der Waals surface area contributed by atoms with E-state index in [9.17, 15) is 14.7 Å². The standard InChI is InChI=1S/C11H9N5O4.Na/c12-8-7(9(17)14-11(20)13-8)16-15-6-4-2-1-3-5(6)10(18)19;/h1-4,7H,(H,18,19)(H3,12,13,14,17,20);/q;+1/p-1. The minimum atomic E-state index is -1.31. The van der Waals surface area contributed by atoms with E-state index in [1.54, 1.807) is 6.07 Å². The largest absolute Gasteiger partial charge is 1.00 e. The molecule has 0 saturated heterocycles. The number of amides is 2. The molecule has 0 fully saturated rings. The second-order valence-electron chi connectivity index (χ2n) is 3.71. The summed E-state index contributed by atoms with van der Waals surface area (Å²) in [5, 5.41) is 27.7. The molecule has 1 aromatic carbocycles. The van der Waals surface area contributed by atoms with Gasteiger partial charge in [-0.3, -0.25) is 0 Å². The van der Waals surface area contributed by atoms with Crippen molar-refractivity contribution in [3.05, 3.63) is 29.8 Å². The molecule has 1 aliphatic rings. The van der Waals surface area contributed by atoms with Crippen molar-refractivity contribution >= 4 is 29.4 Å². The van der Waals surface area contributed by atoms with Crippen LogP contribution < -0.4 is 40.4 Å². The second-order valence-corrected chi connectivity index (χ2v) is 3.71. The van der Waals surface area contributed by atoms with Crippen LogP contribution in [0.4, 0.5) is 10.5 Å². The maximum absolute atomic E-state index is 11.4. The molecule has 1 aliphatic heterocycles. The Balaban J connectivity index is 0.00000220. The summed E-state index contributed by atoms with van der Waals surface area (Å²) in [6.45, 7) is 0. The van der Waals surface area contributed by atoms with E-state index < -0.39 is 23.9 Å². The van der Waals surface area contributed by atoms with Gasteiger partial charge in [-0.2, -0.15) is 15.2 Å². The van der Waals surface area contributed by atoms with Gasteiger partial charge in [-0.25, -0.2) is 14.6 Å². The van der Waals surface area contributed by atoms with E-state index in [1.165, 1.54) is 18.2 Å². The summed E-state index contributed by atoms with van der Waals surface area (Å²) in [7, 11) is 0. The number of rotatable bonds is 3. The summed E-state index contributed by atoms with van der Waals surface area (Å²) < 4.78 is 0. The molecule has 0 saturated carbocycles. The number of benzene rings is 1. The summed E-state index contributed by atoms with van der Waals surface area (Å²) in [4.78, 5) is 28.2. The molecular weight excluding hydrogens is 289 g/mol. The SMILES string of the molecule is NC1=NC(=O)N=C([O-])C1N=Nc1ccccc1C(=O)O.[Na+]. The Morgan fingerprint density at radius 3 is 2.62 bits per heavy atom. The van der Waals surface area contributed by atoms with Crippen LogP contribution in [-0.2, 0) is 0 Å². The molecule has 10 heteroatoms. The van der Waals surface area contributed by atoms with E-state index in [0.29, 0.717) is 0 Å². The average molecular weight is 297 g/mol. The van der Waals surface area contributed by atoms with Crippen molar-refractivity contribution < 1.29 is 49.4 Å². The van der Waals surface area contributed by atoms with E-state index in [0.717, 1.165) is 0 Å². The molecule has 21 heavy (non-hydrogen) atoms. The molecule has 2 rings (SSSR count). The van der Waals surface area contributed by atoms with Crippen molar-refractivity contribution in [2.75, 3.05) is 0 Å². The molecular formula is C11H8N5NaO4. The summed E-state index contributed by atoms with van der Waals surface area (Å²) in [6, 6.07) is 3.53. The number of carboxylic acid groups (broad SMARTS) is 1. The van der Waals surface area contributed by atoms with Gasteiger partial charge in [0, 0.05) is 5.90 Å². The van der Waals surface area contributed by atoms with Gasteiger partial charge in [0.1, 0.15) is 5.84 Å². The van der Waals surface area contributed by atoms with Gasteiger partial charge in [0.15, 0.2) is 6.04 Å². The van der Waals surface area contributed by atoms with Crippen LogP contribution in [-0.4, -0.2) is 34.9 Å². The first-order chi connectivity index (χ1) is 9.49. The molecule has 1 atom stereocenters. The Kier molecular flexibility index (Phi) is 5.70. The monoisotopic (exact) mass is 297 g/mol. The Bertz CT molecular complexity index is 648. The number of carbonyl (C=O) groups is 2. The summed E-state index contributed by atoms with van der Waals surface area (Å²) in [5.74, 6) is -2.40. The maximum atomic E-state index is 11.4. The summed E-state index contributed by atoms with van der Waals surface area (Å²) in [6.07, 6.45) is 0. The third kappa shape index (κ3) is 3.94. The van der Waals surface area contributed by atoms with E-state index in [1.807, 2.05) is 0 Å². The molecule has 1 heterocycles. The Morgan fingerprint density at radius 1 is 1.33 bits per heavy atom. The Hall–Kier alpha value is -2.10. The van der Waals surface area contributed by atoms with Crippen molar-refractivity contribution in [1.82, 2.24) is 0 Å². The number of nitrogens with two attached hydrogens (primary N) is 1. The fourth-order valence-corrected chi connectivity index (χ4v) is 1.45. The number of aromatic carboxylic acids is 1. The number of carboxylic acids is 1. The zero-order chi connectivity index (χ0) is 14.7. The number of azo groups is 1. The molecule has 0 aromatic heterocycles. The molecule has 1 aromatic rings. The number of nitrogens with zero attached hydrogens (tertiary/aromatic N) is 4. The number of amidine groups is 1. The number of urea groups is 1. The van der Waals surface area contributed by atoms with Crippen LogP contribution in [0.25, 0.3) is 0 Å². The predicted octanol–water partition coefficient (Wildman–Crippen LogP) is -2.91. The molecule has 1 unspecified atom stereocenters. The van der Waals surface area contributed by atoms with E-state index >= 15 is 0 Å². The summed E-state index contributed by atoms with van der Waals surface area (Å²) in [5.41, 5.74) is 5.37. The van der Waals surface area contributed by atoms with Crippen molar-refractivity contribution in [2.24, 2.45) is 25.9 Å². The fraction of sp³-hybridized carbons (Fsp3) is 0.0909. The van der Waals surface area contributed by atoms with Crippen LogP contribution >= 0.6 is 0 Å². The van der Waals surface area contributed by atoms with E-state index in [-0.39, 0.29) is 46.6 Å². The average Bonchev–Trinajstić information content (AvgIpc) is 2.37. The molecule has 9 nitrogen and oxygen atoms in total. The maximum Gasteiger partial charge on any atom is 1.00 e. The van der Waals surface area contributed by atoms with Crippen molar-refractivity contribution in [3.8, 4) is 0 Å². The zero-order valence-corrected chi connectivity index (χ0v) is 12.9. The second kappa shape index (κ2) is 7.07. The molecule has 0 bridgehead atoms. The van der Waals surface area contributed by atoms with Crippen LogP contribution in [0.5, 0.6) is 0 Å². The van der Waals surface area contributed by atoms with Gasteiger partial charge >= 0.3 is 41.6 Å². The van der Waals surface area contributed by atoms with Crippen LogP contribution in [0.3, 0.4) is 0 Å². The Labute approximate surface area is 140 Å². The first-order valence-electron chi connectivity index (χ1n) is 5.36. The minimum absolute atomic E-state index is 0. The first kappa shape index (κ1) is 17.0. The van der Waals surface area contributed by atoms with Crippen molar-refractivity contribution in [2.45, 2.75) is 6.04 Å². The molecule has 3 N–H and O–H groups in total. The third-order valence-corrected chi connectivity index (χ3v) is 2.36. The fourth-order valence-electron chi connectivity index (χ4n) is 1.45. The predicted molar refractivity (Wildman–Crippen MR) is 66.2 cm³/mol. The van der Waals surface area contributed by atoms with Gasteiger partial charge in [0.2, 0.25) is 0 Å². The normalized spacial score (nSPS) is 17.9. The molecule has 0 aliphatic carbocycles. The third-order valence-electron chi connectivity index (χ3n) is 2.36.